The molecule has 0 saturated carbocycles. The molecule has 6 nitrogen and oxygen atoms in total. The second-order valence-corrected chi connectivity index (χ2v) is 5.59. The number of amides is 2. The number of aliphatic hydroxyl groups is 1. The van der Waals surface area contributed by atoms with Gasteiger partial charge >= 0.3 is 0 Å². The van der Waals surface area contributed by atoms with Gasteiger partial charge in [-0.2, -0.15) is 0 Å². The summed E-state index contributed by atoms with van der Waals surface area (Å²) in [6, 6.07) is 6.09. The molecule has 1 atom stereocenters. The van der Waals surface area contributed by atoms with Crippen LogP contribution in [0.4, 0.5) is 0 Å². The van der Waals surface area contributed by atoms with Crippen molar-refractivity contribution in [3.8, 4) is 0 Å². The molecule has 2 rings (SSSR count). The molecule has 1 heterocycles. The lowest BCUT2D eigenvalue weighted by atomic mass is 9.97. The molecule has 0 spiro atoms. The van der Waals surface area contributed by atoms with Crippen LogP contribution in [0.25, 0.3) is 0 Å². The van der Waals surface area contributed by atoms with Crippen molar-refractivity contribution >= 4 is 33.5 Å². The Hall–Kier alpha value is -2.15. The Morgan fingerprint density at radius 1 is 1.33 bits per heavy atom. The lowest BCUT2D eigenvalue weighted by molar-refractivity contribution is -0.133. The Morgan fingerprint density at radius 2 is 1.90 bits per heavy atom. The first-order valence-corrected chi connectivity index (χ1v) is 6.91. The number of carbonyl (C=O) groups excluding carboxylic acids is 3. The fourth-order valence-electron chi connectivity index (χ4n) is 2.34. The van der Waals surface area contributed by atoms with E-state index in [1.807, 2.05) is 0 Å². The minimum absolute atomic E-state index is 0.0245. The number of benzene rings is 1. The Morgan fingerprint density at radius 3 is 2.38 bits per heavy atom. The minimum atomic E-state index is -0.810. The summed E-state index contributed by atoms with van der Waals surface area (Å²) in [6.07, 6.45) is 0. The van der Waals surface area contributed by atoms with Crippen LogP contribution in [-0.2, 0) is 14.4 Å². The molecule has 2 amide bonds. The monoisotopic (exact) mass is 352 g/mol. The van der Waals surface area contributed by atoms with E-state index in [4.69, 9.17) is 5.73 Å². The quantitative estimate of drug-likeness (QED) is 0.850. The second-order valence-electron chi connectivity index (χ2n) is 4.67. The number of rotatable bonds is 4. The molecule has 110 valence electrons. The molecule has 0 saturated heterocycles. The van der Waals surface area contributed by atoms with Crippen LogP contribution < -0.4 is 5.73 Å². The van der Waals surface area contributed by atoms with Crippen LogP contribution >= 0.6 is 15.9 Å². The molecule has 7 heteroatoms. The van der Waals surface area contributed by atoms with E-state index < -0.39 is 29.4 Å². The summed E-state index contributed by atoms with van der Waals surface area (Å²) < 4.78 is 0.828. The maximum Gasteiger partial charge on any atom is 0.290 e. The van der Waals surface area contributed by atoms with Gasteiger partial charge in [0.1, 0.15) is 6.54 Å². The van der Waals surface area contributed by atoms with Crippen molar-refractivity contribution in [2.75, 3.05) is 6.54 Å². The normalized spacial score (nSPS) is 18.3. The number of halogens is 1. The third-order valence-corrected chi connectivity index (χ3v) is 3.72. The van der Waals surface area contributed by atoms with Crippen molar-refractivity contribution in [1.29, 1.82) is 0 Å². The molecule has 0 fully saturated rings. The van der Waals surface area contributed by atoms with E-state index in [1.165, 1.54) is 6.92 Å². The predicted molar refractivity (Wildman–Crippen MR) is 78.1 cm³/mol. The molecule has 1 unspecified atom stereocenters. The molecule has 21 heavy (non-hydrogen) atoms. The van der Waals surface area contributed by atoms with Crippen LogP contribution in [-0.4, -0.2) is 34.1 Å². The Kier molecular flexibility index (Phi) is 4.13. The fourth-order valence-corrected chi connectivity index (χ4v) is 2.60. The smallest absolute Gasteiger partial charge is 0.290 e. The second kappa shape index (κ2) is 5.69. The Bertz CT molecular complexity index is 651. The van der Waals surface area contributed by atoms with E-state index in [2.05, 4.69) is 15.9 Å². The van der Waals surface area contributed by atoms with Crippen molar-refractivity contribution in [2.45, 2.75) is 13.0 Å². The van der Waals surface area contributed by atoms with Crippen LogP contribution in [0.1, 0.15) is 18.5 Å². The molecular formula is C14H13BrN2O4. The highest BCUT2D eigenvalue weighted by molar-refractivity contribution is 9.10. The zero-order valence-electron chi connectivity index (χ0n) is 11.2. The zero-order valence-corrected chi connectivity index (χ0v) is 12.8. The molecule has 1 aromatic rings. The Labute approximate surface area is 129 Å². The summed E-state index contributed by atoms with van der Waals surface area (Å²) in [6.45, 7) is 0.888. The lowest BCUT2D eigenvalue weighted by Gasteiger charge is -2.25. The molecule has 1 aromatic carbocycles. The fraction of sp³-hybridized carbons (Fsp3) is 0.214. The summed E-state index contributed by atoms with van der Waals surface area (Å²) in [5, 5.41) is 9.90. The summed E-state index contributed by atoms with van der Waals surface area (Å²) >= 11 is 3.29. The molecule has 0 aliphatic carbocycles. The van der Waals surface area contributed by atoms with Gasteiger partial charge in [0.25, 0.3) is 5.91 Å². The number of ketones is 1. The van der Waals surface area contributed by atoms with Crippen molar-refractivity contribution in [1.82, 2.24) is 4.90 Å². The summed E-state index contributed by atoms with van der Waals surface area (Å²) in [4.78, 5) is 36.1. The van der Waals surface area contributed by atoms with Gasteiger partial charge in [-0.3, -0.25) is 14.4 Å². The summed E-state index contributed by atoms with van der Waals surface area (Å²) in [5.74, 6) is -2.55. The van der Waals surface area contributed by atoms with E-state index in [0.29, 0.717) is 5.56 Å². The topological polar surface area (TPSA) is 101 Å². The van der Waals surface area contributed by atoms with Gasteiger partial charge in [0.2, 0.25) is 5.91 Å². The molecular weight excluding hydrogens is 340 g/mol. The number of aliphatic hydroxyl groups excluding tert-OH is 1. The number of nitrogens with zero attached hydrogens (tertiary/aromatic N) is 1. The number of carbonyl (C=O) groups is 3. The predicted octanol–water partition coefficient (Wildman–Crippen LogP) is 1.22. The van der Waals surface area contributed by atoms with Gasteiger partial charge in [0.05, 0.1) is 11.6 Å². The molecule has 1 aliphatic heterocycles. The standard InChI is InChI=1S/C14H13BrN2O4/c1-7(18)11-12(8-2-4-9(15)5-3-8)17(6-10(16)19)14(21)13(11)20/h2-5,12,20H,6H2,1H3,(H2,16,19). The van der Waals surface area contributed by atoms with Gasteiger partial charge in [0.15, 0.2) is 11.5 Å². The van der Waals surface area contributed by atoms with Crippen LogP contribution in [0.5, 0.6) is 0 Å². The molecule has 0 bridgehead atoms. The highest BCUT2D eigenvalue weighted by atomic mass is 79.9. The number of hydrogen-bond donors (Lipinski definition) is 2. The SMILES string of the molecule is CC(=O)C1=C(O)C(=O)N(CC(N)=O)C1c1ccc(Br)cc1. The van der Waals surface area contributed by atoms with E-state index in [0.717, 1.165) is 9.37 Å². The van der Waals surface area contributed by atoms with E-state index >= 15 is 0 Å². The number of hydrogen-bond acceptors (Lipinski definition) is 4. The maximum atomic E-state index is 12.1. The first kappa shape index (κ1) is 15.2. The number of Topliss-reactive ketones (excluding diaryl/α,β-unsaturated/α-hetero) is 1. The first-order chi connectivity index (χ1) is 9.82. The summed E-state index contributed by atoms with van der Waals surface area (Å²) in [5.41, 5.74) is 5.73. The minimum Gasteiger partial charge on any atom is -0.503 e. The number of primary amides is 1. The third kappa shape index (κ3) is 2.82. The highest BCUT2D eigenvalue weighted by Gasteiger charge is 2.42. The molecule has 0 aromatic heterocycles. The van der Waals surface area contributed by atoms with E-state index in [9.17, 15) is 19.5 Å². The average Bonchev–Trinajstić information content (AvgIpc) is 2.64. The Balaban J connectivity index is 2.53. The van der Waals surface area contributed by atoms with Gasteiger partial charge in [0, 0.05) is 4.47 Å². The van der Waals surface area contributed by atoms with Crippen LogP contribution in [0.3, 0.4) is 0 Å². The van der Waals surface area contributed by atoms with Gasteiger partial charge in [-0.05, 0) is 24.6 Å². The van der Waals surface area contributed by atoms with Gasteiger partial charge in [-0.15, -0.1) is 0 Å². The highest BCUT2D eigenvalue weighted by Crippen LogP contribution is 2.37. The van der Waals surface area contributed by atoms with Crippen LogP contribution in [0.2, 0.25) is 0 Å². The van der Waals surface area contributed by atoms with E-state index in [-0.39, 0.29) is 12.1 Å². The van der Waals surface area contributed by atoms with E-state index in [1.54, 1.807) is 24.3 Å². The lowest BCUT2D eigenvalue weighted by Crippen LogP contribution is -2.38. The van der Waals surface area contributed by atoms with Crippen LogP contribution in [0, 0.1) is 0 Å². The van der Waals surface area contributed by atoms with Crippen molar-refractivity contribution in [2.24, 2.45) is 5.73 Å². The zero-order chi connectivity index (χ0) is 15.7. The molecule has 1 aliphatic rings. The average molecular weight is 353 g/mol. The number of nitrogens with two attached hydrogens (primary N) is 1. The van der Waals surface area contributed by atoms with Gasteiger partial charge in [-0.25, -0.2) is 0 Å². The largest absolute Gasteiger partial charge is 0.503 e. The van der Waals surface area contributed by atoms with Crippen molar-refractivity contribution in [3.05, 3.63) is 45.6 Å². The summed E-state index contributed by atoms with van der Waals surface area (Å²) in [7, 11) is 0. The molecule has 3 N–H and O–H groups in total. The maximum absolute atomic E-state index is 12.1. The van der Waals surface area contributed by atoms with Crippen molar-refractivity contribution < 1.29 is 19.5 Å². The van der Waals surface area contributed by atoms with Crippen LogP contribution in [0.15, 0.2) is 40.1 Å². The third-order valence-electron chi connectivity index (χ3n) is 3.19. The van der Waals surface area contributed by atoms with Gasteiger partial charge in [-0.1, -0.05) is 28.1 Å². The van der Waals surface area contributed by atoms with Gasteiger partial charge < -0.3 is 15.7 Å². The van der Waals surface area contributed by atoms with Crippen molar-refractivity contribution in [3.63, 3.8) is 0 Å². The molecule has 0 radical (unpaired) electrons. The first-order valence-electron chi connectivity index (χ1n) is 6.11.